The molecule has 0 atom stereocenters. The van der Waals surface area contributed by atoms with Gasteiger partial charge in [0.1, 0.15) is 5.69 Å². The molecule has 0 aliphatic carbocycles. The Hall–Kier alpha value is -1.85. The average Bonchev–Trinajstić information content (AvgIpc) is 2.54. The zero-order chi connectivity index (χ0) is 17.5. The van der Waals surface area contributed by atoms with Gasteiger partial charge in [0.05, 0.1) is 0 Å². The van der Waals surface area contributed by atoms with E-state index >= 15 is 0 Å². The summed E-state index contributed by atoms with van der Waals surface area (Å²) in [6.45, 7) is 5.90. The predicted octanol–water partition coefficient (Wildman–Crippen LogP) is 4.66. The number of halogens is 2. The Labute approximate surface area is 152 Å². The van der Waals surface area contributed by atoms with Gasteiger partial charge in [-0.2, -0.15) is 0 Å². The van der Waals surface area contributed by atoms with Crippen LogP contribution in [0.1, 0.15) is 37.2 Å². The summed E-state index contributed by atoms with van der Waals surface area (Å²) in [5, 5.41) is 3.67. The smallest absolute Gasteiger partial charge is 0.274 e. The van der Waals surface area contributed by atoms with Gasteiger partial charge in [0, 0.05) is 35.0 Å². The molecular formula is C17H20Cl2N4O. The van der Waals surface area contributed by atoms with Crippen LogP contribution < -0.4 is 10.2 Å². The molecule has 128 valence electrons. The second kappa shape index (κ2) is 8.85. The van der Waals surface area contributed by atoms with Crippen LogP contribution in [0.3, 0.4) is 0 Å². The van der Waals surface area contributed by atoms with Gasteiger partial charge in [-0.25, -0.2) is 9.97 Å². The molecule has 1 aromatic carbocycles. The molecule has 1 N–H and O–H groups in total. The Morgan fingerprint density at radius 2 is 1.75 bits per heavy atom. The number of amides is 1. The molecule has 5 nitrogen and oxygen atoms in total. The van der Waals surface area contributed by atoms with Crippen LogP contribution in [0.2, 0.25) is 10.0 Å². The molecule has 2 aromatic rings. The van der Waals surface area contributed by atoms with Crippen molar-refractivity contribution in [1.82, 2.24) is 9.97 Å². The zero-order valence-corrected chi connectivity index (χ0v) is 15.2. The van der Waals surface area contributed by atoms with Crippen LogP contribution in [0.4, 0.5) is 11.6 Å². The molecule has 24 heavy (non-hydrogen) atoms. The molecule has 0 unspecified atom stereocenters. The van der Waals surface area contributed by atoms with Crippen molar-refractivity contribution in [2.45, 2.75) is 26.7 Å². The molecule has 2 rings (SSSR count). The quantitative estimate of drug-likeness (QED) is 0.773. The van der Waals surface area contributed by atoms with Gasteiger partial charge in [-0.1, -0.05) is 37.0 Å². The van der Waals surface area contributed by atoms with Crippen molar-refractivity contribution in [3.8, 4) is 0 Å². The van der Waals surface area contributed by atoms with Crippen molar-refractivity contribution >= 4 is 40.7 Å². The van der Waals surface area contributed by atoms with Crippen molar-refractivity contribution in [3.63, 3.8) is 0 Å². The number of carbonyl (C=O) groups excluding carboxylic acids is 1. The van der Waals surface area contributed by atoms with E-state index < -0.39 is 0 Å². The number of carbonyl (C=O) groups is 1. The number of benzene rings is 1. The molecule has 0 saturated carbocycles. The standard InChI is InChI=1S/C17H20Cl2N4O/c1-3-7-23(8-4-2)17-20-6-5-15(22-17)16(24)21-14-10-12(18)9-13(19)11-14/h5-6,9-11H,3-4,7-8H2,1-2H3,(H,21,24). The number of hydrogen-bond donors (Lipinski definition) is 1. The van der Waals surface area contributed by atoms with Gasteiger partial charge in [-0.3, -0.25) is 4.79 Å². The third-order valence-corrected chi connectivity index (χ3v) is 3.70. The van der Waals surface area contributed by atoms with Crippen LogP contribution in [0.25, 0.3) is 0 Å². The zero-order valence-electron chi connectivity index (χ0n) is 13.7. The highest BCUT2D eigenvalue weighted by Gasteiger charge is 2.13. The van der Waals surface area contributed by atoms with Crippen LogP contribution in [0, 0.1) is 0 Å². The summed E-state index contributed by atoms with van der Waals surface area (Å²) >= 11 is 11.9. The van der Waals surface area contributed by atoms with Crippen molar-refractivity contribution in [3.05, 3.63) is 46.2 Å². The maximum Gasteiger partial charge on any atom is 0.274 e. The maximum atomic E-state index is 12.4. The second-order valence-electron chi connectivity index (χ2n) is 5.34. The highest BCUT2D eigenvalue weighted by molar-refractivity contribution is 6.35. The Morgan fingerprint density at radius 3 is 2.33 bits per heavy atom. The van der Waals surface area contributed by atoms with Crippen molar-refractivity contribution in [1.29, 1.82) is 0 Å². The molecule has 0 fully saturated rings. The first kappa shape index (κ1) is 18.5. The first-order chi connectivity index (χ1) is 11.5. The number of anilines is 2. The van der Waals surface area contributed by atoms with Crippen LogP contribution in [0.5, 0.6) is 0 Å². The van der Waals surface area contributed by atoms with Gasteiger partial charge in [0.25, 0.3) is 5.91 Å². The van der Waals surface area contributed by atoms with E-state index in [1.165, 1.54) is 0 Å². The Bertz CT molecular complexity index is 682. The minimum Gasteiger partial charge on any atom is -0.341 e. The summed E-state index contributed by atoms with van der Waals surface area (Å²) in [6, 6.07) is 6.46. The first-order valence-corrected chi connectivity index (χ1v) is 8.64. The summed E-state index contributed by atoms with van der Waals surface area (Å²) in [6.07, 6.45) is 3.57. The molecular weight excluding hydrogens is 347 g/mol. The van der Waals surface area contributed by atoms with E-state index in [4.69, 9.17) is 23.2 Å². The number of nitrogens with one attached hydrogen (secondary N) is 1. The highest BCUT2D eigenvalue weighted by atomic mass is 35.5. The van der Waals surface area contributed by atoms with Gasteiger partial charge < -0.3 is 10.2 Å². The molecule has 1 aromatic heterocycles. The molecule has 1 amide bonds. The van der Waals surface area contributed by atoms with Gasteiger partial charge in [0.2, 0.25) is 5.95 Å². The van der Waals surface area contributed by atoms with Crippen LogP contribution in [-0.4, -0.2) is 29.0 Å². The van der Waals surface area contributed by atoms with Gasteiger partial charge >= 0.3 is 0 Å². The normalized spacial score (nSPS) is 10.5. The Balaban J connectivity index is 2.18. The molecule has 0 aliphatic heterocycles. The largest absolute Gasteiger partial charge is 0.341 e. The fraction of sp³-hybridized carbons (Fsp3) is 0.353. The molecule has 7 heteroatoms. The van der Waals surface area contributed by atoms with E-state index in [1.807, 2.05) is 0 Å². The van der Waals surface area contributed by atoms with Gasteiger partial charge in [-0.15, -0.1) is 0 Å². The van der Waals surface area contributed by atoms with Crippen molar-refractivity contribution < 1.29 is 4.79 Å². The monoisotopic (exact) mass is 366 g/mol. The third kappa shape index (κ3) is 5.08. The van der Waals surface area contributed by atoms with E-state index in [1.54, 1.807) is 30.5 Å². The molecule has 0 saturated heterocycles. The minimum atomic E-state index is -0.329. The second-order valence-corrected chi connectivity index (χ2v) is 6.21. The Morgan fingerprint density at radius 1 is 1.12 bits per heavy atom. The minimum absolute atomic E-state index is 0.299. The summed E-state index contributed by atoms with van der Waals surface area (Å²) in [5.41, 5.74) is 0.824. The SMILES string of the molecule is CCCN(CCC)c1nccc(C(=O)Nc2cc(Cl)cc(Cl)c2)n1. The van der Waals surface area contributed by atoms with Crippen LogP contribution in [-0.2, 0) is 0 Å². The predicted molar refractivity (Wildman–Crippen MR) is 99.2 cm³/mol. The lowest BCUT2D eigenvalue weighted by Gasteiger charge is -2.21. The van der Waals surface area contributed by atoms with E-state index in [9.17, 15) is 4.79 Å². The van der Waals surface area contributed by atoms with Crippen LogP contribution >= 0.6 is 23.2 Å². The number of nitrogens with zero attached hydrogens (tertiary/aromatic N) is 3. The molecule has 1 heterocycles. The lowest BCUT2D eigenvalue weighted by atomic mass is 10.3. The first-order valence-electron chi connectivity index (χ1n) is 7.89. The fourth-order valence-electron chi connectivity index (χ4n) is 2.30. The highest BCUT2D eigenvalue weighted by Crippen LogP contribution is 2.23. The molecule has 0 spiro atoms. The van der Waals surface area contributed by atoms with E-state index in [0.29, 0.717) is 27.4 Å². The number of aromatic nitrogens is 2. The summed E-state index contributed by atoms with van der Waals surface area (Å²) < 4.78 is 0. The van der Waals surface area contributed by atoms with E-state index in [0.717, 1.165) is 25.9 Å². The summed E-state index contributed by atoms with van der Waals surface area (Å²) in [4.78, 5) is 23.2. The van der Waals surface area contributed by atoms with Crippen molar-refractivity contribution in [2.75, 3.05) is 23.3 Å². The Kier molecular flexibility index (Phi) is 6.82. The average molecular weight is 367 g/mol. The third-order valence-electron chi connectivity index (χ3n) is 3.27. The lowest BCUT2D eigenvalue weighted by molar-refractivity contribution is 0.102. The summed E-state index contributed by atoms with van der Waals surface area (Å²) in [5.74, 6) is 0.236. The van der Waals surface area contributed by atoms with E-state index in [-0.39, 0.29) is 5.91 Å². The fourth-order valence-corrected chi connectivity index (χ4v) is 2.83. The molecule has 0 aliphatic rings. The van der Waals surface area contributed by atoms with E-state index in [2.05, 4.69) is 34.0 Å². The topological polar surface area (TPSA) is 58.1 Å². The molecule has 0 radical (unpaired) electrons. The van der Waals surface area contributed by atoms with Gasteiger partial charge in [-0.05, 0) is 37.1 Å². The van der Waals surface area contributed by atoms with Crippen LogP contribution in [0.15, 0.2) is 30.5 Å². The molecule has 0 bridgehead atoms. The van der Waals surface area contributed by atoms with Gasteiger partial charge in [0.15, 0.2) is 0 Å². The lowest BCUT2D eigenvalue weighted by Crippen LogP contribution is -2.27. The maximum absolute atomic E-state index is 12.4. The summed E-state index contributed by atoms with van der Waals surface area (Å²) in [7, 11) is 0. The number of hydrogen-bond acceptors (Lipinski definition) is 4. The van der Waals surface area contributed by atoms with Crippen molar-refractivity contribution in [2.24, 2.45) is 0 Å². The number of rotatable bonds is 7.